The van der Waals surface area contributed by atoms with Gasteiger partial charge >= 0.3 is 0 Å². The minimum absolute atomic E-state index is 0.167. The highest BCUT2D eigenvalue weighted by atomic mass is 28.1. The van der Waals surface area contributed by atoms with Gasteiger partial charge in [-0.1, -0.05) is 6.08 Å². The molecule has 0 radical (unpaired) electrons. The molecule has 0 saturated carbocycles. The van der Waals surface area contributed by atoms with Crippen molar-refractivity contribution in [1.29, 1.82) is 0 Å². The lowest BCUT2D eigenvalue weighted by molar-refractivity contribution is -0.116. The number of hydrogen-bond acceptors (Lipinski definition) is 1. The predicted octanol–water partition coefficient (Wildman–Crippen LogP) is -0.0847. The molecule has 0 aliphatic rings. The Hall–Kier alpha value is -0.373. The topological polar surface area (TPSA) is 17.1 Å². The molecule has 0 aromatic carbocycles. The van der Waals surface area contributed by atoms with E-state index >= 15 is 0 Å². The van der Waals surface area contributed by atoms with Gasteiger partial charge in [-0.25, -0.2) is 0 Å². The maximum atomic E-state index is 10.3. The third-order valence-electron chi connectivity index (χ3n) is 0.995. The van der Waals surface area contributed by atoms with Gasteiger partial charge in [0.05, 0.1) is 0 Å². The minimum Gasteiger partial charge on any atom is -0.300 e. The first kappa shape index (κ1) is 6.63. The third kappa shape index (κ3) is 2.34. The number of carbonyl (C=O) groups is 1. The minimum atomic E-state index is 0.167. The van der Waals surface area contributed by atoms with Crippen molar-refractivity contribution in [3.63, 3.8) is 0 Å². The van der Waals surface area contributed by atoms with Crippen LogP contribution in [0, 0.1) is 0 Å². The third-order valence-corrected chi connectivity index (χ3v) is 2.28. The van der Waals surface area contributed by atoms with E-state index in [1.54, 1.807) is 13.0 Å². The molecule has 0 amide bonds. The van der Waals surface area contributed by atoms with Crippen molar-refractivity contribution in [3.05, 3.63) is 12.7 Å². The molecule has 1 nitrogen and oxygen atoms in total. The average Bonchev–Trinajstić information content (AvgIpc) is 1.65. The first-order chi connectivity index (χ1) is 3.18. The van der Waals surface area contributed by atoms with E-state index in [2.05, 4.69) is 6.58 Å². The number of Topliss-reactive ketones (excluding diaryl/α,β-unsaturated/α-hetero) is 1. The molecule has 0 aromatic rings. The van der Waals surface area contributed by atoms with Crippen molar-refractivity contribution in [1.82, 2.24) is 0 Å². The lowest BCUT2D eigenvalue weighted by atomic mass is 10.3. The van der Waals surface area contributed by atoms with Gasteiger partial charge in [0.25, 0.3) is 0 Å². The molecule has 0 N–H and O–H groups in total. The molecular formula is C5H10OSi. The SMILES string of the molecule is C=CC([SiH3])C(C)=O. The summed E-state index contributed by atoms with van der Waals surface area (Å²) in [6.45, 7) is 5.09. The maximum absolute atomic E-state index is 10.3. The number of carbonyl (C=O) groups excluding carboxylic acids is 1. The fourth-order valence-electron chi connectivity index (χ4n) is 0.166. The molecule has 0 spiro atoms. The van der Waals surface area contributed by atoms with Crippen molar-refractivity contribution in [2.24, 2.45) is 0 Å². The molecule has 0 aliphatic carbocycles. The summed E-state index contributed by atoms with van der Waals surface area (Å²) in [5.41, 5.74) is 0.167. The molecular weight excluding hydrogens is 104 g/mol. The van der Waals surface area contributed by atoms with Gasteiger partial charge in [-0.3, -0.25) is 4.79 Å². The zero-order valence-corrected chi connectivity index (χ0v) is 6.77. The van der Waals surface area contributed by atoms with E-state index < -0.39 is 0 Å². The highest BCUT2D eigenvalue weighted by Crippen LogP contribution is 1.97. The van der Waals surface area contributed by atoms with Gasteiger partial charge in [-0.15, -0.1) is 6.58 Å². The second-order valence-electron chi connectivity index (χ2n) is 1.64. The molecule has 40 valence electrons. The summed E-state index contributed by atoms with van der Waals surface area (Å²) >= 11 is 0. The summed E-state index contributed by atoms with van der Waals surface area (Å²) < 4.78 is 0. The highest BCUT2D eigenvalue weighted by molar-refractivity contribution is 6.25. The van der Waals surface area contributed by atoms with Crippen LogP contribution in [0.4, 0.5) is 0 Å². The van der Waals surface area contributed by atoms with Crippen LogP contribution in [0.15, 0.2) is 12.7 Å². The Morgan fingerprint density at radius 3 is 2.43 bits per heavy atom. The fourth-order valence-corrected chi connectivity index (χ4v) is 0.166. The summed E-state index contributed by atoms with van der Waals surface area (Å²) in [4.78, 5) is 10.3. The van der Waals surface area contributed by atoms with E-state index in [9.17, 15) is 4.79 Å². The van der Waals surface area contributed by atoms with Crippen molar-refractivity contribution in [2.45, 2.75) is 12.5 Å². The normalized spacial score (nSPS) is 13.3. The number of allylic oxidation sites excluding steroid dienone is 1. The van der Waals surface area contributed by atoms with E-state index in [1.807, 2.05) is 0 Å². The largest absolute Gasteiger partial charge is 0.300 e. The number of ketones is 1. The highest BCUT2D eigenvalue weighted by Gasteiger charge is 1.98. The predicted molar refractivity (Wildman–Crippen MR) is 34.6 cm³/mol. The Morgan fingerprint density at radius 1 is 2.00 bits per heavy atom. The molecule has 2 heteroatoms. The van der Waals surface area contributed by atoms with Crippen LogP contribution < -0.4 is 0 Å². The van der Waals surface area contributed by atoms with Crippen molar-refractivity contribution in [3.8, 4) is 0 Å². The Bertz CT molecular complexity index is 88.1. The molecule has 0 rings (SSSR count). The molecule has 0 heterocycles. The van der Waals surface area contributed by atoms with Crippen LogP contribution >= 0.6 is 0 Å². The monoisotopic (exact) mass is 114 g/mol. The zero-order chi connectivity index (χ0) is 5.86. The molecule has 1 unspecified atom stereocenters. The zero-order valence-electron chi connectivity index (χ0n) is 4.77. The van der Waals surface area contributed by atoms with Gasteiger partial charge in [0.15, 0.2) is 0 Å². The van der Waals surface area contributed by atoms with Crippen LogP contribution in [0.5, 0.6) is 0 Å². The quantitative estimate of drug-likeness (QED) is 0.362. The van der Waals surface area contributed by atoms with Crippen LogP contribution in [0.3, 0.4) is 0 Å². The molecule has 0 aromatic heterocycles. The van der Waals surface area contributed by atoms with Crippen molar-refractivity contribution in [2.75, 3.05) is 0 Å². The molecule has 1 atom stereocenters. The van der Waals surface area contributed by atoms with Crippen LogP contribution in [0.2, 0.25) is 5.54 Å². The summed E-state index contributed by atoms with van der Waals surface area (Å²) in [6, 6.07) is 0. The summed E-state index contributed by atoms with van der Waals surface area (Å²) in [7, 11) is 0.907. The summed E-state index contributed by atoms with van der Waals surface area (Å²) in [5.74, 6) is 0.238. The first-order valence-corrected chi connectivity index (χ1v) is 3.47. The summed E-state index contributed by atoms with van der Waals surface area (Å²) in [5, 5.41) is 0. The van der Waals surface area contributed by atoms with Crippen molar-refractivity contribution < 1.29 is 4.79 Å². The second kappa shape index (κ2) is 2.74. The van der Waals surface area contributed by atoms with Crippen LogP contribution in [0.1, 0.15) is 6.92 Å². The van der Waals surface area contributed by atoms with Gasteiger partial charge in [0, 0.05) is 15.8 Å². The van der Waals surface area contributed by atoms with E-state index in [1.165, 1.54) is 0 Å². The smallest absolute Gasteiger partial charge is 0.132 e. The van der Waals surface area contributed by atoms with Crippen LogP contribution in [-0.4, -0.2) is 16.0 Å². The standard InChI is InChI=1S/C5H10OSi/c1-3-5(7)4(2)6/h3,5H,1H2,2,7H3. The van der Waals surface area contributed by atoms with Gasteiger partial charge < -0.3 is 0 Å². The van der Waals surface area contributed by atoms with Gasteiger partial charge in [-0.2, -0.15) is 0 Å². The summed E-state index contributed by atoms with van der Waals surface area (Å²) in [6.07, 6.45) is 1.70. The van der Waals surface area contributed by atoms with E-state index in [0.29, 0.717) is 0 Å². The number of hydrogen-bond donors (Lipinski definition) is 0. The number of rotatable bonds is 2. The van der Waals surface area contributed by atoms with Gasteiger partial charge in [0.1, 0.15) is 5.78 Å². The Labute approximate surface area is 46.8 Å². The Kier molecular flexibility index (Phi) is 2.60. The average molecular weight is 114 g/mol. The molecule has 0 fully saturated rings. The van der Waals surface area contributed by atoms with E-state index in [0.717, 1.165) is 10.2 Å². The van der Waals surface area contributed by atoms with E-state index in [-0.39, 0.29) is 11.3 Å². The Morgan fingerprint density at radius 2 is 2.43 bits per heavy atom. The Balaban J connectivity index is 3.55. The van der Waals surface area contributed by atoms with Crippen LogP contribution in [-0.2, 0) is 4.79 Å². The molecule has 0 bridgehead atoms. The fraction of sp³-hybridized carbons (Fsp3) is 0.400. The molecule has 7 heavy (non-hydrogen) atoms. The lowest BCUT2D eigenvalue weighted by Crippen LogP contribution is -1.98. The van der Waals surface area contributed by atoms with Gasteiger partial charge in [-0.05, 0) is 6.92 Å². The maximum Gasteiger partial charge on any atom is 0.132 e. The molecule has 0 aliphatic heterocycles. The molecule has 0 saturated heterocycles. The second-order valence-corrected chi connectivity index (χ2v) is 2.88. The first-order valence-electron chi connectivity index (χ1n) is 2.31. The van der Waals surface area contributed by atoms with E-state index in [4.69, 9.17) is 0 Å². The van der Waals surface area contributed by atoms with Crippen molar-refractivity contribution >= 4 is 16.0 Å². The lowest BCUT2D eigenvalue weighted by Gasteiger charge is -1.93. The van der Waals surface area contributed by atoms with Gasteiger partial charge in [0.2, 0.25) is 0 Å². The van der Waals surface area contributed by atoms with Crippen LogP contribution in [0.25, 0.3) is 0 Å².